The number of ether oxygens (including phenoxy) is 2. The maximum atomic E-state index is 11.7. The molecule has 0 saturated carbocycles. The first-order valence-electron chi connectivity index (χ1n) is 9.67. The van der Waals surface area contributed by atoms with Crippen LogP contribution in [-0.4, -0.2) is 25.2 Å². The Morgan fingerprint density at radius 2 is 1.50 bits per heavy atom. The predicted octanol–water partition coefficient (Wildman–Crippen LogP) is 5.50. The Balaban J connectivity index is 1.98. The Morgan fingerprint density at radius 1 is 0.885 bits per heavy atom. The van der Waals surface area contributed by atoms with Gasteiger partial charge in [-0.05, 0) is 24.1 Å². The van der Waals surface area contributed by atoms with Crippen molar-refractivity contribution in [3.8, 4) is 0 Å². The molecule has 0 heterocycles. The lowest BCUT2D eigenvalue weighted by Gasteiger charge is -2.06. The van der Waals surface area contributed by atoms with Gasteiger partial charge in [0.05, 0.1) is 26.1 Å². The van der Waals surface area contributed by atoms with Crippen molar-refractivity contribution in [2.45, 2.75) is 71.1 Å². The van der Waals surface area contributed by atoms with Gasteiger partial charge in [-0.3, -0.25) is 9.59 Å². The molecule has 0 radical (unpaired) electrons. The minimum atomic E-state index is -0.375. The van der Waals surface area contributed by atoms with Gasteiger partial charge in [-0.2, -0.15) is 0 Å². The molecule has 1 rings (SSSR count). The van der Waals surface area contributed by atoms with E-state index in [9.17, 15) is 9.59 Å². The summed E-state index contributed by atoms with van der Waals surface area (Å²) in [6, 6.07) is 7.44. The molecule has 26 heavy (non-hydrogen) atoms. The quantitative estimate of drug-likeness (QED) is 0.315. The van der Waals surface area contributed by atoms with Crippen LogP contribution in [0.25, 0.3) is 0 Å². The molecule has 0 aliphatic rings. The van der Waals surface area contributed by atoms with Gasteiger partial charge in [0, 0.05) is 11.4 Å². The van der Waals surface area contributed by atoms with Gasteiger partial charge in [0.15, 0.2) is 0 Å². The number of carbonyl (C=O) groups is 2. The van der Waals surface area contributed by atoms with Crippen LogP contribution in [0.1, 0.15) is 70.3 Å². The molecule has 0 atom stereocenters. The Labute approximate surface area is 162 Å². The average molecular weight is 383 g/mol. The number of hydrogen-bond acceptors (Lipinski definition) is 4. The smallest absolute Gasteiger partial charge is 0.306 e. The number of benzene rings is 1. The molecule has 5 heteroatoms. The summed E-state index contributed by atoms with van der Waals surface area (Å²) in [5, 5.41) is 0.664. The van der Waals surface area contributed by atoms with E-state index in [1.165, 1.54) is 32.1 Å². The number of hydrogen-bond donors (Lipinski definition) is 0. The molecular formula is C21H31ClO4. The van der Waals surface area contributed by atoms with Crippen molar-refractivity contribution in [2.24, 2.45) is 0 Å². The lowest BCUT2D eigenvalue weighted by Crippen LogP contribution is -2.12. The highest BCUT2D eigenvalue weighted by atomic mass is 35.5. The molecule has 0 amide bonds. The first-order chi connectivity index (χ1) is 12.6. The predicted molar refractivity (Wildman–Crippen MR) is 104 cm³/mol. The topological polar surface area (TPSA) is 52.6 Å². The molecule has 0 aliphatic carbocycles. The maximum absolute atomic E-state index is 11.7. The minimum Gasteiger partial charge on any atom is -0.466 e. The van der Waals surface area contributed by atoms with Crippen molar-refractivity contribution >= 4 is 23.5 Å². The summed E-state index contributed by atoms with van der Waals surface area (Å²) < 4.78 is 10.3. The van der Waals surface area contributed by atoms with Crippen LogP contribution in [0.4, 0.5) is 0 Å². The standard InChI is InChI=1S/C21H31ClO4/c1-2-3-4-5-6-7-8-15-25-20(23)12-13-21(24)26-16-14-18-10-9-11-19(22)17-18/h9-11,17H,2-8,12-16H2,1H3. The third-order valence-corrected chi connectivity index (χ3v) is 4.32. The number of unbranched alkanes of at least 4 members (excludes halogenated alkanes) is 6. The fourth-order valence-corrected chi connectivity index (χ4v) is 2.78. The molecule has 0 N–H and O–H groups in total. The van der Waals surface area contributed by atoms with E-state index in [1.54, 1.807) is 6.07 Å². The average Bonchev–Trinajstić information content (AvgIpc) is 2.62. The highest BCUT2D eigenvalue weighted by molar-refractivity contribution is 6.30. The number of carbonyl (C=O) groups excluding carboxylic acids is 2. The van der Waals surface area contributed by atoms with E-state index in [0.717, 1.165) is 18.4 Å². The van der Waals surface area contributed by atoms with Crippen LogP contribution in [-0.2, 0) is 25.5 Å². The first kappa shape index (κ1) is 22.5. The molecule has 0 aliphatic heterocycles. The highest BCUT2D eigenvalue weighted by Crippen LogP contribution is 2.11. The molecule has 0 fully saturated rings. The fourth-order valence-electron chi connectivity index (χ4n) is 2.57. The van der Waals surface area contributed by atoms with Gasteiger partial charge < -0.3 is 9.47 Å². The molecule has 146 valence electrons. The van der Waals surface area contributed by atoms with Crippen LogP contribution in [0.15, 0.2) is 24.3 Å². The first-order valence-corrected chi connectivity index (χ1v) is 10.0. The van der Waals surface area contributed by atoms with Crippen LogP contribution in [0.2, 0.25) is 5.02 Å². The molecule has 0 saturated heterocycles. The van der Waals surface area contributed by atoms with E-state index < -0.39 is 0 Å². The lowest BCUT2D eigenvalue weighted by molar-refractivity contribution is -0.150. The van der Waals surface area contributed by atoms with Crippen LogP contribution >= 0.6 is 11.6 Å². The third-order valence-electron chi connectivity index (χ3n) is 4.09. The Bertz CT molecular complexity index is 530. The normalized spacial score (nSPS) is 10.5. The van der Waals surface area contributed by atoms with Crippen molar-refractivity contribution in [3.63, 3.8) is 0 Å². The summed E-state index contributed by atoms with van der Waals surface area (Å²) in [6.07, 6.45) is 9.00. The highest BCUT2D eigenvalue weighted by Gasteiger charge is 2.09. The zero-order chi connectivity index (χ0) is 19.0. The van der Waals surface area contributed by atoms with E-state index in [4.69, 9.17) is 21.1 Å². The van der Waals surface area contributed by atoms with Gasteiger partial charge >= 0.3 is 11.9 Å². The number of halogens is 1. The second-order valence-corrected chi connectivity index (χ2v) is 6.88. The molecule has 1 aromatic rings. The Morgan fingerprint density at radius 3 is 2.15 bits per heavy atom. The molecule has 0 aromatic heterocycles. The van der Waals surface area contributed by atoms with Crippen molar-refractivity contribution in [3.05, 3.63) is 34.9 Å². The van der Waals surface area contributed by atoms with Crippen LogP contribution < -0.4 is 0 Å². The maximum Gasteiger partial charge on any atom is 0.306 e. The third kappa shape index (κ3) is 11.9. The van der Waals surface area contributed by atoms with Crippen molar-refractivity contribution in [2.75, 3.05) is 13.2 Å². The van der Waals surface area contributed by atoms with E-state index in [-0.39, 0.29) is 31.4 Å². The second kappa shape index (κ2) is 14.6. The van der Waals surface area contributed by atoms with Gasteiger partial charge in [-0.25, -0.2) is 0 Å². The number of esters is 2. The van der Waals surface area contributed by atoms with Crippen LogP contribution in [0, 0.1) is 0 Å². The SMILES string of the molecule is CCCCCCCCCOC(=O)CCC(=O)OCCc1cccc(Cl)c1. The summed E-state index contributed by atoms with van der Waals surface area (Å²) in [4.78, 5) is 23.3. The molecule has 4 nitrogen and oxygen atoms in total. The summed E-state index contributed by atoms with van der Waals surface area (Å²) in [5.41, 5.74) is 1.01. The van der Waals surface area contributed by atoms with E-state index in [2.05, 4.69) is 6.92 Å². The van der Waals surface area contributed by atoms with Gasteiger partial charge in [0.1, 0.15) is 0 Å². The van der Waals surface area contributed by atoms with Crippen molar-refractivity contribution < 1.29 is 19.1 Å². The minimum absolute atomic E-state index is 0.0609. The fraction of sp³-hybridized carbons (Fsp3) is 0.619. The number of rotatable bonds is 14. The van der Waals surface area contributed by atoms with Crippen LogP contribution in [0.5, 0.6) is 0 Å². The van der Waals surface area contributed by atoms with Gasteiger partial charge in [0.25, 0.3) is 0 Å². The van der Waals surface area contributed by atoms with Gasteiger partial charge in [0.2, 0.25) is 0 Å². The Kier molecular flexibility index (Phi) is 12.6. The monoisotopic (exact) mass is 382 g/mol. The molecule has 0 bridgehead atoms. The summed E-state index contributed by atoms with van der Waals surface area (Å²) in [7, 11) is 0. The zero-order valence-corrected chi connectivity index (χ0v) is 16.6. The molecule has 0 spiro atoms. The molecule has 0 unspecified atom stereocenters. The molecular weight excluding hydrogens is 352 g/mol. The molecule has 1 aromatic carbocycles. The zero-order valence-electron chi connectivity index (χ0n) is 15.8. The second-order valence-electron chi connectivity index (χ2n) is 6.44. The van der Waals surface area contributed by atoms with E-state index in [0.29, 0.717) is 18.1 Å². The van der Waals surface area contributed by atoms with Crippen molar-refractivity contribution in [1.29, 1.82) is 0 Å². The largest absolute Gasteiger partial charge is 0.466 e. The summed E-state index contributed by atoms with van der Waals surface area (Å²) >= 11 is 5.90. The van der Waals surface area contributed by atoms with Gasteiger partial charge in [-0.1, -0.05) is 69.2 Å². The summed E-state index contributed by atoms with van der Waals surface area (Å²) in [5.74, 6) is -0.706. The van der Waals surface area contributed by atoms with Crippen LogP contribution in [0.3, 0.4) is 0 Å². The van der Waals surface area contributed by atoms with Crippen molar-refractivity contribution in [1.82, 2.24) is 0 Å². The lowest BCUT2D eigenvalue weighted by atomic mass is 10.1. The Hall–Kier alpha value is -1.55. The van der Waals surface area contributed by atoms with E-state index >= 15 is 0 Å². The summed E-state index contributed by atoms with van der Waals surface area (Å²) in [6.45, 7) is 2.93. The van der Waals surface area contributed by atoms with E-state index in [1.807, 2.05) is 18.2 Å². The van der Waals surface area contributed by atoms with Gasteiger partial charge in [-0.15, -0.1) is 0 Å².